The number of hydrogen-bond donors (Lipinski definition) is 0. The van der Waals surface area contributed by atoms with E-state index in [-0.39, 0.29) is 31.1 Å². The lowest BCUT2D eigenvalue weighted by atomic mass is 10.1. The van der Waals surface area contributed by atoms with Crippen LogP contribution in [0.5, 0.6) is 0 Å². The van der Waals surface area contributed by atoms with Gasteiger partial charge in [-0.2, -0.15) is 0 Å². The van der Waals surface area contributed by atoms with E-state index in [1.165, 1.54) is 83.5 Å². The molecule has 1 atom stereocenters. The van der Waals surface area contributed by atoms with Gasteiger partial charge >= 0.3 is 17.9 Å². The molecular weight excluding hydrogens is 841 g/mol. The minimum atomic E-state index is -0.787. The molecule has 6 heteroatoms. The fourth-order valence-corrected chi connectivity index (χ4v) is 7.37. The molecule has 0 aromatic carbocycles. The lowest BCUT2D eigenvalue weighted by molar-refractivity contribution is -0.167. The van der Waals surface area contributed by atoms with Crippen molar-refractivity contribution in [3.05, 3.63) is 109 Å². The van der Waals surface area contributed by atoms with Crippen molar-refractivity contribution in [3.63, 3.8) is 0 Å². The first-order chi connectivity index (χ1) is 33.5. The van der Waals surface area contributed by atoms with E-state index in [1.807, 2.05) is 0 Å². The molecule has 386 valence electrons. The van der Waals surface area contributed by atoms with Gasteiger partial charge in [-0.1, -0.05) is 246 Å². The molecule has 0 saturated carbocycles. The van der Waals surface area contributed by atoms with Crippen LogP contribution in [0.15, 0.2) is 109 Å². The highest BCUT2D eigenvalue weighted by Crippen LogP contribution is 2.14. The molecule has 0 N–H and O–H groups in total. The van der Waals surface area contributed by atoms with E-state index in [2.05, 4.69) is 130 Å². The SMILES string of the molecule is CC/C=C\C/C=C\C/C=C\C/C=C\C/C=C\C/C=C\C/C=C\C/C=C\C/C=C\CCCCCC(=O)OCC(COC(=O)CCCCCCCCCC)OC(=O)CCCCCCCCCCCCC. The van der Waals surface area contributed by atoms with Gasteiger partial charge in [-0.25, -0.2) is 0 Å². The molecule has 0 aromatic rings. The standard InChI is InChI=1S/C62H102O6/c1-4-7-10-13-16-19-21-22-23-24-25-26-27-28-29-30-31-32-33-34-35-36-37-38-39-40-42-43-46-49-52-55-61(64)67-58-59(57-66-60(63)54-51-48-45-18-15-12-9-6-3)68-62(65)56-53-50-47-44-41-20-17-14-11-8-5-2/h7,10,16,19,22-23,25-26,28-29,31-32,34-35,37-38,40,42,59H,4-6,8-9,11-15,17-18,20-21,24,27,30,33,36,39,41,43-58H2,1-3H3/b10-7-,19-16-,23-22-,26-25-,29-28-,32-31-,35-34-,38-37-,42-40-. The zero-order chi connectivity index (χ0) is 49.3. The minimum Gasteiger partial charge on any atom is -0.462 e. The predicted octanol–water partition coefficient (Wildman–Crippen LogP) is 18.7. The molecule has 68 heavy (non-hydrogen) atoms. The second kappa shape index (κ2) is 55.7. The van der Waals surface area contributed by atoms with Crippen LogP contribution in [0, 0.1) is 0 Å². The molecule has 0 aliphatic rings. The maximum Gasteiger partial charge on any atom is 0.306 e. The predicted molar refractivity (Wildman–Crippen MR) is 293 cm³/mol. The van der Waals surface area contributed by atoms with Crippen LogP contribution >= 0.6 is 0 Å². The molecule has 0 aliphatic carbocycles. The van der Waals surface area contributed by atoms with Crippen molar-refractivity contribution in [2.75, 3.05) is 13.2 Å². The Kier molecular flexibility index (Phi) is 52.4. The van der Waals surface area contributed by atoms with Crippen LogP contribution in [0.4, 0.5) is 0 Å². The third-order valence-electron chi connectivity index (χ3n) is 11.5. The summed E-state index contributed by atoms with van der Waals surface area (Å²) in [5, 5.41) is 0. The summed E-state index contributed by atoms with van der Waals surface area (Å²) >= 11 is 0. The summed E-state index contributed by atoms with van der Waals surface area (Å²) in [7, 11) is 0. The second-order valence-corrected chi connectivity index (χ2v) is 18.1. The van der Waals surface area contributed by atoms with Crippen LogP contribution in [0.1, 0.15) is 245 Å². The molecule has 0 fully saturated rings. The average molecular weight is 943 g/mol. The lowest BCUT2D eigenvalue weighted by Gasteiger charge is -2.18. The smallest absolute Gasteiger partial charge is 0.306 e. The van der Waals surface area contributed by atoms with Gasteiger partial charge in [0.05, 0.1) is 0 Å². The zero-order valence-corrected chi connectivity index (χ0v) is 44.1. The number of allylic oxidation sites excluding steroid dienone is 18. The Morgan fingerprint density at radius 1 is 0.309 bits per heavy atom. The zero-order valence-electron chi connectivity index (χ0n) is 44.1. The third-order valence-corrected chi connectivity index (χ3v) is 11.5. The second-order valence-electron chi connectivity index (χ2n) is 18.1. The Bertz CT molecular complexity index is 1410. The van der Waals surface area contributed by atoms with E-state index in [0.717, 1.165) is 122 Å². The summed E-state index contributed by atoms with van der Waals surface area (Å²) in [5.41, 5.74) is 0. The third kappa shape index (κ3) is 53.0. The molecule has 1 unspecified atom stereocenters. The van der Waals surface area contributed by atoms with Gasteiger partial charge in [0.25, 0.3) is 0 Å². The van der Waals surface area contributed by atoms with E-state index in [0.29, 0.717) is 19.3 Å². The molecule has 0 spiro atoms. The average Bonchev–Trinajstić information content (AvgIpc) is 3.34. The molecule has 0 aliphatic heterocycles. The van der Waals surface area contributed by atoms with Gasteiger partial charge in [0, 0.05) is 19.3 Å². The number of hydrogen-bond acceptors (Lipinski definition) is 6. The Morgan fingerprint density at radius 2 is 0.574 bits per heavy atom. The van der Waals surface area contributed by atoms with E-state index >= 15 is 0 Å². The number of esters is 3. The molecule has 0 bridgehead atoms. The fourth-order valence-electron chi connectivity index (χ4n) is 7.37. The van der Waals surface area contributed by atoms with E-state index in [4.69, 9.17) is 14.2 Å². The van der Waals surface area contributed by atoms with Gasteiger partial charge in [-0.05, 0) is 89.9 Å². The van der Waals surface area contributed by atoms with Crippen LogP contribution in [-0.2, 0) is 28.6 Å². The quantitative estimate of drug-likeness (QED) is 0.0262. The van der Waals surface area contributed by atoms with Gasteiger partial charge < -0.3 is 14.2 Å². The summed E-state index contributed by atoms with van der Waals surface area (Å²) in [4.78, 5) is 37.8. The molecule has 0 heterocycles. The van der Waals surface area contributed by atoms with Gasteiger partial charge in [0.15, 0.2) is 6.10 Å². The van der Waals surface area contributed by atoms with Crippen LogP contribution in [-0.4, -0.2) is 37.2 Å². The number of unbranched alkanes of at least 4 members (excludes halogenated alkanes) is 20. The summed E-state index contributed by atoms with van der Waals surface area (Å²) in [6, 6.07) is 0. The van der Waals surface area contributed by atoms with Gasteiger partial charge in [0.1, 0.15) is 13.2 Å². The van der Waals surface area contributed by atoms with Crippen LogP contribution < -0.4 is 0 Å². The maximum atomic E-state index is 12.7. The number of carbonyl (C=O) groups is 3. The highest BCUT2D eigenvalue weighted by atomic mass is 16.6. The van der Waals surface area contributed by atoms with E-state index < -0.39 is 6.10 Å². The number of rotatable bonds is 49. The minimum absolute atomic E-state index is 0.0869. The van der Waals surface area contributed by atoms with Crippen molar-refractivity contribution in [3.8, 4) is 0 Å². The first-order valence-electron chi connectivity index (χ1n) is 27.9. The Balaban J connectivity index is 4.23. The van der Waals surface area contributed by atoms with Gasteiger partial charge in [0.2, 0.25) is 0 Å². The van der Waals surface area contributed by atoms with E-state index in [1.54, 1.807) is 0 Å². The number of ether oxygens (including phenoxy) is 3. The van der Waals surface area contributed by atoms with Crippen LogP contribution in [0.3, 0.4) is 0 Å². The van der Waals surface area contributed by atoms with Gasteiger partial charge in [-0.3, -0.25) is 14.4 Å². The highest BCUT2D eigenvalue weighted by Gasteiger charge is 2.19. The molecule has 0 amide bonds. The lowest BCUT2D eigenvalue weighted by Crippen LogP contribution is -2.30. The fraction of sp³-hybridized carbons (Fsp3) is 0.661. The first kappa shape index (κ1) is 64.1. The Morgan fingerprint density at radius 3 is 0.897 bits per heavy atom. The highest BCUT2D eigenvalue weighted by molar-refractivity contribution is 5.71. The van der Waals surface area contributed by atoms with Crippen molar-refractivity contribution in [2.24, 2.45) is 0 Å². The Hall–Kier alpha value is -3.93. The summed E-state index contributed by atoms with van der Waals surface area (Å²) in [6.07, 6.45) is 75.3. The number of carbonyl (C=O) groups excluding carboxylic acids is 3. The summed E-state index contributed by atoms with van der Waals surface area (Å²) < 4.78 is 16.7. The van der Waals surface area contributed by atoms with Crippen molar-refractivity contribution in [1.29, 1.82) is 0 Å². The molecule has 0 rings (SSSR count). The summed E-state index contributed by atoms with van der Waals surface area (Å²) in [6.45, 7) is 6.45. The van der Waals surface area contributed by atoms with Crippen molar-refractivity contribution in [1.82, 2.24) is 0 Å². The molecular formula is C62H102O6. The topological polar surface area (TPSA) is 78.9 Å². The van der Waals surface area contributed by atoms with E-state index in [9.17, 15) is 14.4 Å². The van der Waals surface area contributed by atoms with Crippen molar-refractivity contribution < 1.29 is 28.6 Å². The molecule has 0 saturated heterocycles. The Labute approximate surface area is 419 Å². The van der Waals surface area contributed by atoms with Gasteiger partial charge in [-0.15, -0.1) is 0 Å². The molecule has 0 aromatic heterocycles. The molecule has 6 nitrogen and oxygen atoms in total. The summed E-state index contributed by atoms with van der Waals surface area (Å²) in [5.74, 6) is -0.928. The van der Waals surface area contributed by atoms with Crippen molar-refractivity contribution in [2.45, 2.75) is 252 Å². The van der Waals surface area contributed by atoms with Crippen molar-refractivity contribution >= 4 is 17.9 Å². The largest absolute Gasteiger partial charge is 0.462 e. The first-order valence-corrected chi connectivity index (χ1v) is 27.9. The maximum absolute atomic E-state index is 12.7. The van der Waals surface area contributed by atoms with Crippen LogP contribution in [0.25, 0.3) is 0 Å². The molecule has 0 radical (unpaired) electrons. The monoisotopic (exact) mass is 943 g/mol. The normalized spacial score (nSPS) is 12.9. The van der Waals surface area contributed by atoms with Crippen LogP contribution in [0.2, 0.25) is 0 Å².